The number of pyridine rings is 1. The molecule has 2 aliphatic heterocycles. The number of hydrogen-bond acceptors (Lipinski definition) is 6. The van der Waals surface area contributed by atoms with E-state index in [0.717, 1.165) is 4.90 Å². The van der Waals surface area contributed by atoms with Crippen LogP contribution in [-0.2, 0) is 19.8 Å². The van der Waals surface area contributed by atoms with Crippen molar-refractivity contribution in [2.24, 2.45) is 5.92 Å². The van der Waals surface area contributed by atoms with E-state index in [4.69, 9.17) is 4.74 Å². The predicted molar refractivity (Wildman–Crippen MR) is 120 cm³/mol. The maximum atomic E-state index is 13.5. The van der Waals surface area contributed by atoms with Gasteiger partial charge in [-0.25, -0.2) is 0 Å². The number of para-hydroxylation sites is 1. The number of carbonyl (C=O) groups is 4. The van der Waals surface area contributed by atoms with Crippen molar-refractivity contribution in [1.29, 1.82) is 0 Å². The van der Waals surface area contributed by atoms with Gasteiger partial charge in [-0.2, -0.15) is 0 Å². The molecule has 3 amide bonds. The number of likely N-dealkylation sites (tertiary alicyclic amines) is 2. The van der Waals surface area contributed by atoms with Crippen LogP contribution >= 0.6 is 0 Å². The van der Waals surface area contributed by atoms with Crippen LogP contribution < -0.4 is 4.74 Å². The van der Waals surface area contributed by atoms with Crippen molar-refractivity contribution in [2.75, 3.05) is 27.2 Å². The lowest BCUT2D eigenvalue weighted by Crippen LogP contribution is -2.47. The summed E-state index contributed by atoms with van der Waals surface area (Å²) in [5, 5.41) is 0. The average molecular weight is 450 g/mol. The van der Waals surface area contributed by atoms with Gasteiger partial charge in [0.25, 0.3) is 0 Å². The van der Waals surface area contributed by atoms with Crippen molar-refractivity contribution in [2.45, 2.75) is 31.1 Å². The summed E-state index contributed by atoms with van der Waals surface area (Å²) in [6.07, 6.45) is 4.28. The van der Waals surface area contributed by atoms with Gasteiger partial charge in [0.1, 0.15) is 5.75 Å². The fraction of sp³-hybridized carbons (Fsp3) is 0.400. The molecule has 0 N–H and O–H groups in total. The summed E-state index contributed by atoms with van der Waals surface area (Å²) >= 11 is 0. The minimum absolute atomic E-state index is 0.0353. The van der Waals surface area contributed by atoms with E-state index in [9.17, 15) is 19.2 Å². The number of nitrogens with zero attached hydrogens (tertiary/aromatic N) is 3. The summed E-state index contributed by atoms with van der Waals surface area (Å²) in [6, 6.07) is 10.5. The molecule has 3 heterocycles. The lowest BCUT2D eigenvalue weighted by molar-refractivity contribution is -0.142. The SMILES string of the molecule is COc1ccccc1[C@]1(CC(=O)N2CCC[C@H](C(=O)c3cccnc3)C2)CC(=O)N(C)C1=O. The largest absolute Gasteiger partial charge is 0.496 e. The van der Waals surface area contributed by atoms with Crippen LogP contribution in [0.4, 0.5) is 0 Å². The highest BCUT2D eigenvalue weighted by atomic mass is 16.5. The van der Waals surface area contributed by atoms with Gasteiger partial charge >= 0.3 is 0 Å². The van der Waals surface area contributed by atoms with E-state index in [-0.39, 0.29) is 42.9 Å². The zero-order chi connectivity index (χ0) is 23.6. The highest BCUT2D eigenvalue weighted by molar-refractivity contribution is 6.11. The Morgan fingerprint density at radius 3 is 2.64 bits per heavy atom. The molecule has 2 saturated heterocycles. The molecule has 0 saturated carbocycles. The van der Waals surface area contributed by atoms with Crippen LogP contribution in [0.5, 0.6) is 5.75 Å². The molecule has 8 heteroatoms. The summed E-state index contributed by atoms with van der Waals surface area (Å²) in [7, 11) is 2.94. The molecule has 4 rings (SSSR count). The fourth-order valence-electron chi connectivity index (χ4n) is 4.90. The molecule has 33 heavy (non-hydrogen) atoms. The molecule has 2 fully saturated rings. The second-order valence-corrected chi connectivity index (χ2v) is 8.68. The number of Topliss-reactive ketones (excluding diaryl/α,β-unsaturated/α-hetero) is 1. The number of ketones is 1. The van der Waals surface area contributed by atoms with Gasteiger partial charge in [0.2, 0.25) is 17.7 Å². The molecule has 172 valence electrons. The van der Waals surface area contributed by atoms with E-state index < -0.39 is 11.3 Å². The molecule has 8 nitrogen and oxygen atoms in total. The van der Waals surface area contributed by atoms with Crippen molar-refractivity contribution < 1.29 is 23.9 Å². The van der Waals surface area contributed by atoms with Crippen LogP contribution in [0.3, 0.4) is 0 Å². The predicted octanol–water partition coefficient (Wildman–Crippen LogP) is 2.23. The van der Waals surface area contributed by atoms with E-state index in [1.54, 1.807) is 53.7 Å². The average Bonchev–Trinajstić information content (AvgIpc) is 3.08. The number of hydrogen-bond donors (Lipinski definition) is 0. The van der Waals surface area contributed by atoms with Crippen LogP contribution in [0.15, 0.2) is 48.8 Å². The third-order valence-corrected chi connectivity index (χ3v) is 6.71. The van der Waals surface area contributed by atoms with E-state index in [0.29, 0.717) is 36.3 Å². The van der Waals surface area contributed by atoms with Gasteiger partial charge in [-0.05, 0) is 31.0 Å². The van der Waals surface area contributed by atoms with Crippen molar-refractivity contribution in [3.05, 3.63) is 59.9 Å². The van der Waals surface area contributed by atoms with Crippen LogP contribution in [0.2, 0.25) is 0 Å². The minimum Gasteiger partial charge on any atom is -0.496 e. The lowest BCUT2D eigenvalue weighted by Gasteiger charge is -2.35. The van der Waals surface area contributed by atoms with E-state index in [2.05, 4.69) is 4.98 Å². The van der Waals surface area contributed by atoms with Crippen molar-refractivity contribution in [3.63, 3.8) is 0 Å². The number of rotatable bonds is 6. The van der Waals surface area contributed by atoms with Crippen LogP contribution in [0.25, 0.3) is 0 Å². The molecule has 1 aromatic carbocycles. The fourth-order valence-corrected chi connectivity index (χ4v) is 4.90. The Balaban J connectivity index is 1.60. The third kappa shape index (κ3) is 4.13. The molecule has 0 unspecified atom stereocenters. The van der Waals surface area contributed by atoms with Gasteiger partial charge < -0.3 is 9.64 Å². The normalized spacial score (nSPS) is 23.0. The molecule has 0 bridgehead atoms. The first-order valence-corrected chi connectivity index (χ1v) is 11.0. The first-order valence-electron chi connectivity index (χ1n) is 11.0. The standard InChI is InChI=1S/C25H27N3O5/c1-27-21(29)13-25(24(27)32,19-9-3-4-10-20(19)33-2)14-22(30)28-12-6-8-18(16-28)23(31)17-7-5-11-26-15-17/h3-5,7,9-11,15,18H,6,8,12-14,16H2,1-2H3/t18-,25+/m0/s1. The smallest absolute Gasteiger partial charge is 0.240 e. The van der Waals surface area contributed by atoms with Crippen molar-refractivity contribution >= 4 is 23.5 Å². The van der Waals surface area contributed by atoms with E-state index >= 15 is 0 Å². The van der Waals surface area contributed by atoms with Gasteiger partial charge in [-0.1, -0.05) is 18.2 Å². The van der Waals surface area contributed by atoms with Gasteiger partial charge in [0, 0.05) is 62.4 Å². The topological polar surface area (TPSA) is 96.9 Å². The summed E-state index contributed by atoms with van der Waals surface area (Å²) < 4.78 is 5.47. The molecule has 1 aromatic heterocycles. The second-order valence-electron chi connectivity index (χ2n) is 8.68. The first-order chi connectivity index (χ1) is 15.9. The van der Waals surface area contributed by atoms with Crippen LogP contribution in [0, 0.1) is 5.92 Å². The highest BCUT2D eigenvalue weighted by Gasteiger charge is 2.54. The van der Waals surface area contributed by atoms with Crippen molar-refractivity contribution in [1.82, 2.24) is 14.8 Å². The molecule has 0 aliphatic carbocycles. The maximum absolute atomic E-state index is 13.5. The number of imide groups is 1. The number of carbonyl (C=O) groups excluding carboxylic acids is 4. The Bertz CT molecular complexity index is 1090. The quantitative estimate of drug-likeness (QED) is 0.496. The number of piperidine rings is 1. The third-order valence-electron chi connectivity index (χ3n) is 6.71. The van der Waals surface area contributed by atoms with E-state index in [1.807, 2.05) is 0 Å². The highest BCUT2D eigenvalue weighted by Crippen LogP contribution is 2.43. The van der Waals surface area contributed by atoms with Crippen molar-refractivity contribution in [3.8, 4) is 5.75 Å². The lowest BCUT2D eigenvalue weighted by atomic mass is 9.75. The minimum atomic E-state index is -1.32. The van der Waals surface area contributed by atoms with Gasteiger partial charge in [-0.15, -0.1) is 0 Å². The Morgan fingerprint density at radius 2 is 1.97 bits per heavy atom. The number of likely N-dealkylation sites (N-methyl/N-ethyl adjacent to an activating group) is 1. The number of aromatic nitrogens is 1. The van der Waals surface area contributed by atoms with Gasteiger partial charge in [-0.3, -0.25) is 29.1 Å². The van der Waals surface area contributed by atoms with Gasteiger partial charge in [0.15, 0.2) is 5.78 Å². The van der Waals surface area contributed by atoms with E-state index in [1.165, 1.54) is 14.2 Å². The summed E-state index contributed by atoms with van der Waals surface area (Å²) in [6.45, 7) is 0.794. The van der Waals surface area contributed by atoms with Crippen LogP contribution in [-0.4, -0.2) is 65.5 Å². The maximum Gasteiger partial charge on any atom is 0.240 e. The Hall–Kier alpha value is -3.55. The number of ether oxygens (including phenoxy) is 1. The molecular formula is C25H27N3O5. The summed E-state index contributed by atoms with van der Waals surface area (Å²) in [5.41, 5.74) is -0.264. The molecule has 2 aliphatic rings. The van der Waals surface area contributed by atoms with Crippen LogP contribution in [0.1, 0.15) is 41.6 Å². The summed E-state index contributed by atoms with van der Waals surface area (Å²) in [5.74, 6) is -0.886. The zero-order valence-electron chi connectivity index (χ0n) is 18.8. The molecule has 0 spiro atoms. The molecule has 2 atom stereocenters. The monoisotopic (exact) mass is 449 g/mol. The number of methoxy groups -OCH3 is 1. The second kappa shape index (κ2) is 9.13. The molecule has 2 aromatic rings. The Labute approximate surface area is 192 Å². The number of benzene rings is 1. The Kier molecular flexibility index (Phi) is 6.26. The number of amides is 3. The molecule has 0 radical (unpaired) electrons. The molecular weight excluding hydrogens is 422 g/mol. The summed E-state index contributed by atoms with van der Waals surface area (Å²) in [4.78, 5) is 59.0. The zero-order valence-corrected chi connectivity index (χ0v) is 18.8. The van der Waals surface area contributed by atoms with Gasteiger partial charge in [0.05, 0.1) is 12.5 Å². The first kappa shape index (κ1) is 22.6. The Morgan fingerprint density at radius 1 is 1.18 bits per heavy atom.